The van der Waals surface area contributed by atoms with Crippen LogP contribution >= 0.6 is 11.6 Å². The molecule has 142 valence electrons. The Labute approximate surface area is 161 Å². The zero-order valence-corrected chi connectivity index (χ0v) is 15.5. The van der Waals surface area contributed by atoms with E-state index < -0.39 is 18.5 Å². The van der Waals surface area contributed by atoms with Gasteiger partial charge in [-0.2, -0.15) is 0 Å². The lowest BCUT2D eigenvalue weighted by Crippen LogP contribution is -2.31. The normalized spacial score (nSPS) is 14.9. The maximum Gasteiger partial charge on any atom is 0.338 e. The molecule has 2 amide bonds. The second kappa shape index (κ2) is 8.26. The molecule has 1 aromatic carbocycles. The van der Waals surface area contributed by atoms with Crippen molar-refractivity contribution >= 4 is 35.1 Å². The minimum atomic E-state index is -0.666. The Kier molecular flexibility index (Phi) is 5.81. The molecule has 1 saturated heterocycles. The summed E-state index contributed by atoms with van der Waals surface area (Å²) in [5, 5.41) is 3.06. The van der Waals surface area contributed by atoms with Crippen LogP contribution in [-0.2, 0) is 14.3 Å². The number of carbonyl (C=O) groups excluding carboxylic acids is 3. The Morgan fingerprint density at radius 3 is 2.85 bits per heavy atom. The van der Waals surface area contributed by atoms with Crippen LogP contribution in [0.3, 0.4) is 0 Å². The van der Waals surface area contributed by atoms with Crippen molar-refractivity contribution in [3.8, 4) is 0 Å². The third-order valence-corrected chi connectivity index (χ3v) is 4.55. The Hall–Kier alpha value is -2.80. The number of anilines is 1. The predicted molar refractivity (Wildman–Crippen MR) is 98.6 cm³/mol. The fraction of sp³-hybridized carbons (Fsp3) is 0.316. The number of nitrogens with one attached hydrogen (secondary N) is 1. The van der Waals surface area contributed by atoms with E-state index >= 15 is 0 Å². The van der Waals surface area contributed by atoms with E-state index in [4.69, 9.17) is 20.8 Å². The molecule has 2 aromatic rings. The Morgan fingerprint density at radius 2 is 2.19 bits per heavy atom. The molecular weight excluding hydrogens is 372 g/mol. The summed E-state index contributed by atoms with van der Waals surface area (Å²) in [6.07, 6.45) is 2.72. The van der Waals surface area contributed by atoms with Gasteiger partial charge in [0, 0.05) is 13.0 Å². The lowest BCUT2D eigenvalue weighted by atomic mass is 10.2. The first-order valence-corrected chi connectivity index (χ1v) is 8.93. The topological polar surface area (TPSA) is 88.9 Å². The predicted octanol–water partition coefficient (Wildman–Crippen LogP) is 3.09. The van der Waals surface area contributed by atoms with E-state index in [1.54, 1.807) is 24.0 Å². The first kappa shape index (κ1) is 19.0. The van der Waals surface area contributed by atoms with Crippen molar-refractivity contribution in [3.05, 3.63) is 52.9 Å². The number of esters is 1. The van der Waals surface area contributed by atoms with Gasteiger partial charge in [-0.25, -0.2) is 4.79 Å². The van der Waals surface area contributed by atoms with E-state index in [1.807, 2.05) is 0 Å². The van der Waals surface area contributed by atoms with Gasteiger partial charge in [0.25, 0.3) is 5.91 Å². The Morgan fingerprint density at radius 1 is 1.37 bits per heavy atom. The maximum atomic E-state index is 12.3. The molecule has 1 aliphatic heterocycles. The number of nitrogens with zero attached hydrogens (tertiary/aromatic N) is 1. The van der Waals surface area contributed by atoms with Crippen molar-refractivity contribution in [3.63, 3.8) is 0 Å². The molecule has 3 rings (SSSR count). The molecule has 1 N–H and O–H groups in total. The van der Waals surface area contributed by atoms with Gasteiger partial charge in [-0.1, -0.05) is 11.6 Å². The van der Waals surface area contributed by atoms with E-state index in [9.17, 15) is 14.4 Å². The number of hydrogen-bond donors (Lipinski definition) is 1. The molecule has 0 saturated carbocycles. The highest BCUT2D eigenvalue weighted by atomic mass is 35.5. The number of carbonyl (C=O) groups is 3. The summed E-state index contributed by atoms with van der Waals surface area (Å²) in [6, 6.07) is 7.68. The highest BCUT2D eigenvalue weighted by Gasteiger charge is 2.25. The summed E-state index contributed by atoms with van der Waals surface area (Å²) in [6.45, 7) is 1.89. The average Bonchev–Trinajstić information content (AvgIpc) is 3.32. The van der Waals surface area contributed by atoms with Crippen LogP contribution < -0.4 is 10.2 Å². The molecule has 0 radical (unpaired) electrons. The summed E-state index contributed by atoms with van der Waals surface area (Å²) in [7, 11) is 0. The lowest BCUT2D eigenvalue weighted by molar-refractivity contribution is -0.125. The molecule has 0 aliphatic carbocycles. The molecule has 1 fully saturated rings. The van der Waals surface area contributed by atoms with E-state index in [0.717, 1.165) is 6.42 Å². The molecule has 1 aromatic heterocycles. The minimum absolute atomic E-state index is 0.0336. The molecule has 1 atom stereocenters. The molecular formula is C19H19ClN2O5. The maximum absolute atomic E-state index is 12.3. The number of furan rings is 1. The molecule has 27 heavy (non-hydrogen) atoms. The molecule has 2 heterocycles. The zero-order valence-electron chi connectivity index (χ0n) is 14.7. The van der Waals surface area contributed by atoms with Gasteiger partial charge in [0.15, 0.2) is 6.61 Å². The Balaban J connectivity index is 1.59. The van der Waals surface area contributed by atoms with Gasteiger partial charge in [-0.05, 0) is 43.7 Å². The standard InChI is InChI=1S/C19H19ClN2O5/c1-12(16-4-3-9-26-16)21-17(23)11-27-19(25)13-6-7-14(20)15(10-13)22-8-2-5-18(22)24/h3-4,6-7,9-10,12H,2,5,8,11H2,1H3,(H,21,23)/t12-/m0/s1. The second-order valence-corrected chi connectivity index (χ2v) is 6.60. The monoisotopic (exact) mass is 390 g/mol. The molecule has 0 unspecified atom stereocenters. The summed E-state index contributed by atoms with van der Waals surface area (Å²) in [5.74, 6) is -0.544. The highest BCUT2D eigenvalue weighted by Crippen LogP contribution is 2.30. The number of benzene rings is 1. The number of rotatable bonds is 6. The molecule has 1 aliphatic rings. The van der Waals surface area contributed by atoms with Gasteiger partial charge in [0.05, 0.1) is 28.6 Å². The largest absolute Gasteiger partial charge is 0.467 e. The number of ether oxygens (including phenoxy) is 1. The average molecular weight is 391 g/mol. The molecule has 8 heteroatoms. The van der Waals surface area contributed by atoms with Crippen LogP contribution in [0.1, 0.15) is 41.9 Å². The van der Waals surface area contributed by atoms with Gasteiger partial charge in [-0.15, -0.1) is 0 Å². The molecule has 7 nitrogen and oxygen atoms in total. The Bertz CT molecular complexity index is 850. The fourth-order valence-electron chi connectivity index (χ4n) is 2.86. The van der Waals surface area contributed by atoms with Crippen molar-refractivity contribution in [2.75, 3.05) is 18.1 Å². The fourth-order valence-corrected chi connectivity index (χ4v) is 3.08. The number of halogens is 1. The summed E-state index contributed by atoms with van der Waals surface area (Å²) >= 11 is 6.16. The zero-order chi connectivity index (χ0) is 19.4. The minimum Gasteiger partial charge on any atom is -0.467 e. The number of hydrogen-bond acceptors (Lipinski definition) is 5. The smallest absolute Gasteiger partial charge is 0.338 e. The van der Waals surface area contributed by atoms with E-state index in [2.05, 4.69) is 5.32 Å². The van der Waals surface area contributed by atoms with Crippen LogP contribution in [0, 0.1) is 0 Å². The van der Waals surface area contributed by atoms with E-state index in [1.165, 1.54) is 24.5 Å². The molecule has 0 spiro atoms. The van der Waals surface area contributed by atoms with Crippen LogP contribution in [0.5, 0.6) is 0 Å². The third-order valence-electron chi connectivity index (χ3n) is 4.23. The third kappa shape index (κ3) is 4.49. The summed E-state index contributed by atoms with van der Waals surface area (Å²) < 4.78 is 10.3. The van der Waals surface area contributed by atoms with Crippen molar-refractivity contribution in [1.82, 2.24) is 5.32 Å². The van der Waals surface area contributed by atoms with Crippen molar-refractivity contribution in [1.29, 1.82) is 0 Å². The van der Waals surface area contributed by atoms with Crippen LogP contribution in [0.4, 0.5) is 5.69 Å². The van der Waals surface area contributed by atoms with Gasteiger partial charge < -0.3 is 19.4 Å². The van der Waals surface area contributed by atoms with Crippen molar-refractivity contribution < 1.29 is 23.5 Å². The SMILES string of the molecule is C[C@H](NC(=O)COC(=O)c1ccc(Cl)c(N2CCCC2=O)c1)c1ccco1. The van der Waals surface area contributed by atoms with Crippen LogP contribution in [-0.4, -0.2) is 30.9 Å². The van der Waals surface area contributed by atoms with Crippen LogP contribution in [0.2, 0.25) is 5.02 Å². The first-order chi connectivity index (χ1) is 13.0. The van der Waals surface area contributed by atoms with Crippen LogP contribution in [0.15, 0.2) is 41.0 Å². The lowest BCUT2D eigenvalue weighted by Gasteiger charge is -2.18. The van der Waals surface area contributed by atoms with Crippen LogP contribution in [0.25, 0.3) is 0 Å². The highest BCUT2D eigenvalue weighted by molar-refractivity contribution is 6.34. The van der Waals surface area contributed by atoms with Gasteiger partial charge in [0.2, 0.25) is 5.91 Å². The van der Waals surface area contributed by atoms with Gasteiger partial charge in [-0.3, -0.25) is 9.59 Å². The second-order valence-electron chi connectivity index (χ2n) is 6.20. The van der Waals surface area contributed by atoms with Gasteiger partial charge >= 0.3 is 5.97 Å². The first-order valence-electron chi connectivity index (χ1n) is 8.55. The quantitative estimate of drug-likeness (QED) is 0.765. The van der Waals surface area contributed by atoms with Gasteiger partial charge in [0.1, 0.15) is 5.76 Å². The van der Waals surface area contributed by atoms with Crippen molar-refractivity contribution in [2.24, 2.45) is 0 Å². The van der Waals surface area contributed by atoms with Crippen molar-refractivity contribution in [2.45, 2.75) is 25.8 Å². The summed E-state index contributed by atoms with van der Waals surface area (Å²) in [4.78, 5) is 37.7. The number of amides is 2. The summed E-state index contributed by atoms with van der Waals surface area (Å²) in [5.41, 5.74) is 0.700. The molecule has 0 bridgehead atoms. The van der Waals surface area contributed by atoms with E-state index in [-0.39, 0.29) is 17.5 Å². The van der Waals surface area contributed by atoms with E-state index in [0.29, 0.717) is 29.4 Å².